The lowest BCUT2D eigenvalue weighted by Gasteiger charge is -2.04. The van der Waals surface area contributed by atoms with E-state index < -0.39 is 0 Å². The molecule has 0 aliphatic carbocycles. The van der Waals surface area contributed by atoms with Crippen LogP contribution >= 0.6 is 0 Å². The van der Waals surface area contributed by atoms with Gasteiger partial charge in [0.25, 0.3) is 0 Å². The highest BCUT2D eigenvalue weighted by Crippen LogP contribution is 2.12. The normalized spacial score (nSPS) is 29.5. The molecule has 1 amide bonds. The van der Waals surface area contributed by atoms with Crippen molar-refractivity contribution in [2.24, 2.45) is 11.8 Å². The van der Waals surface area contributed by atoms with Crippen LogP contribution in [-0.4, -0.2) is 17.5 Å². The quantitative estimate of drug-likeness (QED) is 0.348. The van der Waals surface area contributed by atoms with E-state index in [-0.39, 0.29) is 11.8 Å². The van der Waals surface area contributed by atoms with Gasteiger partial charge in [0.1, 0.15) is 0 Å². The van der Waals surface area contributed by atoms with Gasteiger partial charge in [-0.1, -0.05) is 6.92 Å². The summed E-state index contributed by atoms with van der Waals surface area (Å²) in [4.78, 5) is 10.7. The Morgan fingerprint density at radius 3 is 2.62 bits per heavy atom. The molecule has 0 radical (unpaired) electrons. The maximum absolute atomic E-state index is 10.7. The number of amides is 1. The minimum Gasteiger partial charge on any atom is -0.280 e. The summed E-state index contributed by atoms with van der Waals surface area (Å²) in [7, 11) is 0. The van der Waals surface area contributed by atoms with Crippen LogP contribution in [0.2, 0.25) is 0 Å². The average Bonchev–Trinajstić information content (AvgIpc) is 1.98. The maximum atomic E-state index is 10.7. The molecule has 1 atom stereocenters. The van der Waals surface area contributed by atoms with Gasteiger partial charge in [-0.3, -0.25) is 9.80 Å². The van der Waals surface area contributed by atoms with Crippen molar-refractivity contribution in [3.05, 3.63) is 0 Å². The number of hydrogen-bond acceptors (Lipinski definition) is 2. The van der Waals surface area contributed by atoms with Crippen LogP contribution in [0.15, 0.2) is 0 Å². The molecule has 1 saturated heterocycles. The minimum atomic E-state index is 0.0741. The molecule has 46 valence electrons. The van der Waals surface area contributed by atoms with Gasteiger partial charge in [0.2, 0.25) is 5.91 Å². The zero-order valence-electron chi connectivity index (χ0n) is 4.92. The van der Waals surface area contributed by atoms with Crippen molar-refractivity contribution in [1.82, 2.24) is 5.01 Å². The number of hydrogen-bond donors (Lipinski definition) is 1. The Balaban J connectivity index is 2.57. The Hall–Kier alpha value is -0.570. The van der Waals surface area contributed by atoms with Crippen LogP contribution in [0.4, 0.5) is 0 Å². The SMILES string of the molecule is C[C@@H]1CCN(N)C1=O. The van der Waals surface area contributed by atoms with Gasteiger partial charge in [-0.15, -0.1) is 0 Å². The van der Waals surface area contributed by atoms with Crippen LogP contribution in [0, 0.1) is 5.92 Å². The second-order valence-electron chi connectivity index (χ2n) is 2.22. The van der Waals surface area contributed by atoms with E-state index in [9.17, 15) is 4.79 Å². The third-order valence-corrected chi connectivity index (χ3v) is 1.51. The molecule has 0 saturated carbocycles. The highest BCUT2D eigenvalue weighted by atomic mass is 16.2. The van der Waals surface area contributed by atoms with E-state index in [0.29, 0.717) is 0 Å². The monoisotopic (exact) mass is 114 g/mol. The first-order chi connectivity index (χ1) is 3.72. The van der Waals surface area contributed by atoms with Gasteiger partial charge in [-0.25, -0.2) is 5.84 Å². The Labute approximate surface area is 48.4 Å². The number of carbonyl (C=O) groups is 1. The molecule has 2 N–H and O–H groups in total. The molecule has 0 aromatic carbocycles. The summed E-state index contributed by atoms with van der Waals surface area (Å²) in [6, 6.07) is 0. The maximum Gasteiger partial charge on any atom is 0.239 e. The predicted molar refractivity (Wildman–Crippen MR) is 29.7 cm³/mol. The molecular weight excluding hydrogens is 104 g/mol. The van der Waals surface area contributed by atoms with Crippen LogP contribution in [0.5, 0.6) is 0 Å². The fraction of sp³-hybridized carbons (Fsp3) is 0.800. The highest BCUT2D eigenvalue weighted by Gasteiger charge is 2.24. The molecule has 1 aliphatic rings. The largest absolute Gasteiger partial charge is 0.280 e. The zero-order chi connectivity index (χ0) is 6.15. The molecule has 0 aromatic rings. The van der Waals surface area contributed by atoms with Crippen LogP contribution in [0.25, 0.3) is 0 Å². The second-order valence-corrected chi connectivity index (χ2v) is 2.22. The molecule has 0 unspecified atom stereocenters. The van der Waals surface area contributed by atoms with Crippen molar-refractivity contribution in [3.63, 3.8) is 0 Å². The summed E-state index contributed by atoms with van der Waals surface area (Å²) in [5.41, 5.74) is 0. The van der Waals surface area contributed by atoms with Crippen molar-refractivity contribution in [2.75, 3.05) is 6.54 Å². The van der Waals surface area contributed by atoms with Crippen molar-refractivity contribution in [3.8, 4) is 0 Å². The third-order valence-electron chi connectivity index (χ3n) is 1.51. The van der Waals surface area contributed by atoms with E-state index in [1.807, 2.05) is 6.92 Å². The van der Waals surface area contributed by atoms with E-state index in [1.165, 1.54) is 5.01 Å². The number of rotatable bonds is 0. The van der Waals surface area contributed by atoms with Gasteiger partial charge in [-0.05, 0) is 6.42 Å². The Morgan fingerprint density at radius 1 is 1.88 bits per heavy atom. The zero-order valence-corrected chi connectivity index (χ0v) is 4.92. The van der Waals surface area contributed by atoms with E-state index in [4.69, 9.17) is 5.84 Å². The average molecular weight is 114 g/mol. The van der Waals surface area contributed by atoms with Crippen LogP contribution in [0.3, 0.4) is 0 Å². The first kappa shape index (κ1) is 5.56. The molecule has 3 nitrogen and oxygen atoms in total. The van der Waals surface area contributed by atoms with Crippen molar-refractivity contribution < 1.29 is 4.79 Å². The van der Waals surface area contributed by atoms with Gasteiger partial charge in [0.05, 0.1) is 0 Å². The smallest absolute Gasteiger partial charge is 0.239 e. The first-order valence-corrected chi connectivity index (χ1v) is 2.78. The van der Waals surface area contributed by atoms with Crippen molar-refractivity contribution in [2.45, 2.75) is 13.3 Å². The third kappa shape index (κ3) is 0.690. The first-order valence-electron chi connectivity index (χ1n) is 2.78. The highest BCUT2D eigenvalue weighted by molar-refractivity contribution is 5.79. The summed E-state index contributed by atoms with van der Waals surface area (Å²) >= 11 is 0. The standard InChI is InChI=1S/C5H10N2O/c1-4-2-3-7(6)5(4)8/h4H,2-3,6H2,1H3/t4-/m1/s1. The Bertz CT molecular complexity index is 101. The topological polar surface area (TPSA) is 46.3 Å². The number of nitrogens with two attached hydrogens (primary N) is 1. The Morgan fingerprint density at radius 2 is 2.50 bits per heavy atom. The molecule has 1 aliphatic heterocycles. The van der Waals surface area contributed by atoms with Gasteiger partial charge in [-0.2, -0.15) is 0 Å². The van der Waals surface area contributed by atoms with Gasteiger partial charge >= 0.3 is 0 Å². The van der Waals surface area contributed by atoms with Crippen LogP contribution in [0.1, 0.15) is 13.3 Å². The summed E-state index contributed by atoms with van der Waals surface area (Å²) in [6.45, 7) is 2.62. The molecule has 0 bridgehead atoms. The summed E-state index contributed by atoms with van der Waals surface area (Å²) in [5.74, 6) is 5.48. The van der Waals surface area contributed by atoms with Gasteiger partial charge in [0, 0.05) is 12.5 Å². The summed E-state index contributed by atoms with van der Waals surface area (Å²) in [5, 5.41) is 1.28. The predicted octanol–water partition coefficient (Wildman–Crippen LogP) is -0.271. The molecule has 0 aromatic heterocycles. The second kappa shape index (κ2) is 1.74. The molecule has 1 fully saturated rings. The van der Waals surface area contributed by atoms with E-state index in [0.717, 1.165) is 13.0 Å². The minimum absolute atomic E-state index is 0.0741. The van der Waals surface area contributed by atoms with Crippen molar-refractivity contribution >= 4 is 5.91 Å². The Kier molecular flexibility index (Phi) is 1.21. The molecule has 3 heteroatoms. The van der Waals surface area contributed by atoms with Gasteiger partial charge in [0.15, 0.2) is 0 Å². The van der Waals surface area contributed by atoms with E-state index >= 15 is 0 Å². The van der Waals surface area contributed by atoms with E-state index in [1.54, 1.807) is 0 Å². The fourth-order valence-electron chi connectivity index (χ4n) is 0.849. The van der Waals surface area contributed by atoms with E-state index in [2.05, 4.69) is 0 Å². The molecule has 0 spiro atoms. The van der Waals surface area contributed by atoms with Crippen LogP contribution < -0.4 is 5.84 Å². The lowest BCUT2D eigenvalue weighted by molar-refractivity contribution is -0.130. The lowest BCUT2D eigenvalue weighted by atomic mass is 10.1. The van der Waals surface area contributed by atoms with Gasteiger partial charge < -0.3 is 0 Å². The molecule has 8 heavy (non-hydrogen) atoms. The summed E-state index contributed by atoms with van der Waals surface area (Å²) < 4.78 is 0. The number of hydrazine groups is 1. The molecule has 1 rings (SSSR count). The fourth-order valence-corrected chi connectivity index (χ4v) is 0.849. The lowest BCUT2D eigenvalue weighted by Crippen LogP contribution is -2.33. The number of nitrogens with zero attached hydrogens (tertiary/aromatic N) is 1. The molecule has 1 heterocycles. The molecular formula is C5H10N2O. The van der Waals surface area contributed by atoms with Crippen molar-refractivity contribution in [1.29, 1.82) is 0 Å². The number of carbonyl (C=O) groups excluding carboxylic acids is 1. The summed E-state index contributed by atoms with van der Waals surface area (Å²) in [6.07, 6.45) is 0.912. The van der Waals surface area contributed by atoms with Crippen LogP contribution in [-0.2, 0) is 4.79 Å².